The van der Waals surface area contributed by atoms with Crippen LogP contribution in [0.5, 0.6) is 11.5 Å². The van der Waals surface area contributed by atoms with Crippen molar-refractivity contribution >= 4 is 23.5 Å². The molecule has 0 amide bonds. The monoisotopic (exact) mass is 834 g/mol. The van der Waals surface area contributed by atoms with E-state index in [1.165, 1.54) is 22.3 Å². The molecule has 62 heavy (non-hydrogen) atoms. The van der Waals surface area contributed by atoms with E-state index in [-0.39, 0.29) is 58.0 Å². The van der Waals surface area contributed by atoms with Gasteiger partial charge in [-0.15, -0.1) is 0 Å². The molecular formula is C56H66O6. The van der Waals surface area contributed by atoms with Gasteiger partial charge < -0.3 is 9.47 Å². The molecule has 0 aliphatic heterocycles. The number of Topliss-reactive ketones (excluding diaryl/α,β-unsaturated/α-hetero) is 2. The fourth-order valence-electron chi connectivity index (χ4n) is 13.0. The minimum atomic E-state index is -0.658. The van der Waals surface area contributed by atoms with Gasteiger partial charge in [-0.25, -0.2) is 0 Å². The first-order chi connectivity index (χ1) is 29.3. The molecule has 6 unspecified atom stereocenters. The topological polar surface area (TPSA) is 86.7 Å². The molecule has 4 aromatic rings. The zero-order valence-corrected chi connectivity index (χ0v) is 38.8. The summed E-state index contributed by atoms with van der Waals surface area (Å²) in [5.74, 6) is 1.58. The van der Waals surface area contributed by atoms with E-state index in [9.17, 15) is 19.2 Å². The van der Waals surface area contributed by atoms with Crippen molar-refractivity contribution in [2.45, 2.75) is 156 Å². The van der Waals surface area contributed by atoms with Crippen molar-refractivity contribution in [3.63, 3.8) is 0 Å². The zero-order chi connectivity index (χ0) is 44.5. The van der Waals surface area contributed by atoms with Gasteiger partial charge in [-0.2, -0.15) is 0 Å². The molecule has 326 valence electrons. The highest BCUT2D eigenvalue weighted by atomic mass is 16.5. The van der Waals surface area contributed by atoms with Crippen molar-refractivity contribution in [3.8, 4) is 22.6 Å². The summed E-state index contributed by atoms with van der Waals surface area (Å²) in [5.41, 5.74) is 9.14. The predicted molar refractivity (Wildman–Crippen MR) is 246 cm³/mol. The largest absolute Gasteiger partial charge is 0.426 e. The van der Waals surface area contributed by atoms with Gasteiger partial charge in [-0.3, -0.25) is 19.2 Å². The number of aryl methyl sites for hydroxylation is 2. The highest BCUT2D eigenvalue weighted by Gasteiger charge is 2.57. The van der Waals surface area contributed by atoms with Gasteiger partial charge >= 0.3 is 11.9 Å². The highest BCUT2D eigenvalue weighted by molar-refractivity contribution is 5.97. The summed E-state index contributed by atoms with van der Waals surface area (Å²) < 4.78 is 12.4. The van der Waals surface area contributed by atoms with Gasteiger partial charge in [0.25, 0.3) is 0 Å². The number of ketones is 2. The van der Waals surface area contributed by atoms with Gasteiger partial charge in [0, 0.05) is 11.1 Å². The van der Waals surface area contributed by atoms with Gasteiger partial charge in [0.05, 0.1) is 10.8 Å². The third-order valence-electron chi connectivity index (χ3n) is 16.4. The van der Waals surface area contributed by atoms with Crippen LogP contribution in [0.1, 0.15) is 187 Å². The van der Waals surface area contributed by atoms with Gasteiger partial charge in [0.15, 0.2) is 11.6 Å². The summed E-state index contributed by atoms with van der Waals surface area (Å²) in [6.45, 7) is 20.7. The maximum Gasteiger partial charge on any atom is 0.317 e. The van der Waals surface area contributed by atoms with Crippen LogP contribution in [0.4, 0.5) is 0 Å². The number of carbonyl (C=O) groups excluding carboxylic acids is 4. The SMILES string of the molecule is CC(=O)c1cc2c(cc1C(C)C)CCC1C(C)(C(=O)Oc3ccc(-c4ccc(OC(=O)C5(C)CCCC6(C)c7cc(C(C)=O)c(C(C)C)cc7CCC56)cc4)cc3)CCCC21C. The van der Waals surface area contributed by atoms with Crippen molar-refractivity contribution < 1.29 is 28.7 Å². The lowest BCUT2D eigenvalue weighted by Crippen LogP contribution is -2.53. The number of ether oxygens (including phenoxy) is 2. The molecule has 0 saturated heterocycles. The molecule has 4 aliphatic carbocycles. The number of rotatable bonds is 9. The molecule has 8 rings (SSSR count). The maximum atomic E-state index is 14.2. The molecule has 4 aromatic carbocycles. The second-order valence-electron chi connectivity index (χ2n) is 21.0. The van der Waals surface area contributed by atoms with Crippen LogP contribution in [0, 0.1) is 22.7 Å². The minimum absolute atomic E-state index is 0.0954. The fourth-order valence-corrected chi connectivity index (χ4v) is 13.0. The molecule has 0 N–H and O–H groups in total. The summed E-state index contributed by atoms with van der Waals surface area (Å²) in [7, 11) is 0. The zero-order valence-electron chi connectivity index (χ0n) is 38.8. The Kier molecular flexibility index (Phi) is 11.3. The van der Waals surface area contributed by atoms with Crippen LogP contribution in [0.3, 0.4) is 0 Å². The number of carbonyl (C=O) groups is 4. The van der Waals surface area contributed by atoms with Crippen LogP contribution >= 0.6 is 0 Å². The van der Waals surface area contributed by atoms with Crippen molar-refractivity contribution in [3.05, 3.63) is 117 Å². The van der Waals surface area contributed by atoms with Gasteiger partial charge in [0.2, 0.25) is 0 Å². The van der Waals surface area contributed by atoms with Crippen molar-refractivity contribution in [1.82, 2.24) is 0 Å². The first-order valence-corrected chi connectivity index (χ1v) is 23.3. The van der Waals surface area contributed by atoms with Crippen molar-refractivity contribution in [2.24, 2.45) is 22.7 Å². The van der Waals surface area contributed by atoms with Gasteiger partial charge in [-0.1, -0.05) is 90.8 Å². The summed E-state index contributed by atoms with van der Waals surface area (Å²) in [5, 5.41) is 0. The normalized spacial score (nSPS) is 27.7. The van der Waals surface area contributed by atoms with Crippen LogP contribution in [-0.2, 0) is 33.3 Å². The Hall–Kier alpha value is -4.84. The third-order valence-corrected chi connectivity index (χ3v) is 16.4. The van der Waals surface area contributed by atoms with Crippen LogP contribution in [-0.4, -0.2) is 23.5 Å². The molecule has 2 saturated carbocycles. The molecule has 0 heterocycles. The Morgan fingerprint density at radius 1 is 0.532 bits per heavy atom. The van der Waals surface area contributed by atoms with Gasteiger partial charge in [-0.05, 0) is 194 Å². The Labute approximate surface area is 369 Å². The van der Waals surface area contributed by atoms with E-state index in [0.717, 1.165) is 97.6 Å². The summed E-state index contributed by atoms with van der Waals surface area (Å²) in [6.07, 6.45) is 8.94. The smallest absolute Gasteiger partial charge is 0.317 e. The van der Waals surface area contributed by atoms with Crippen LogP contribution in [0.15, 0.2) is 72.8 Å². The fraction of sp³-hybridized carbons (Fsp3) is 0.500. The summed E-state index contributed by atoms with van der Waals surface area (Å²) in [6, 6.07) is 24.2. The quantitative estimate of drug-likeness (QED) is 0.0948. The first-order valence-electron chi connectivity index (χ1n) is 23.3. The Bertz CT molecular complexity index is 2270. The van der Waals surface area contributed by atoms with E-state index in [1.54, 1.807) is 13.8 Å². The second kappa shape index (κ2) is 16.1. The van der Waals surface area contributed by atoms with Gasteiger partial charge in [0.1, 0.15) is 11.5 Å². The van der Waals surface area contributed by atoms with E-state index in [2.05, 4.69) is 79.7 Å². The molecule has 0 radical (unpaired) electrons. The number of fused-ring (bicyclic) bond motifs is 6. The second-order valence-corrected chi connectivity index (χ2v) is 21.0. The molecule has 0 bridgehead atoms. The Morgan fingerprint density at radius 3 is 1.21 bits per heavy atom. The van der Waals surface area contributed by atoms with E-state index in [0.29, 0.717) is 11.5 Å². The third kappa shape index (κ3) is 7.27. The standard InChI is InChI=1S/C56H66O6/c1-33(2)43-29-39-17-23-49-53(7,47(39)31-45(43)35(5)57)25-11-27-55(49,9)51(59)61-41-19-13-37(14-20-41)38-15-21-42(22-16-38)62-52(60)56(10)28-12-26-54(8)48-32-46(36(6)58)44(34(3)4)30-40(48)18-24-50(54)56/h13-16,19-22,29-34,49-50H,11-12,17-18,23-28H2,1-10H3. The molecule has 0 aromatic heterocycles. The van der Waals surface area contributed by atoms with Crippen LogP contribution in [0.2, 0.25) is 0 Å². The molecule has 6 nitrogen and oxygen atoms in total. The predicted octanol–water partition coefficient (Wildman–Crippen LogP) is 13.2. The summed E-state index contributed by atoms with van der Waals surface area (Å²) in [4.78, 5) is 54.1. The molecule has 6 atom stereocenters. The van der Waals surface area contributed by atoms with E-state index in [1.807, 2.05) is 48.5 Å². The molecule has 6 heteroatoms. The Morgan fingerprint density at radius 2 is 0.887 bits per heavy atom. The van der Waals surface area contributed by atoms with Crippen molar-refractivity contribution in [2.75, 3.05) is 0 Å². The van der Waals surface area contributed by atoms with Crippen molar-refractivity contribution in [1.29, 1.82) is 0 Å². The van der Waals surface area contributed by atoms with Crippen LogP contribution < -0.4 is 9.47 Å². The minimum Gasteiger partial charge on any atom is -0.426 e. The molecular weight excluding hydrogens is 769 g/mol. The average Bonchev–Trinajstić information content (AvgIpc) is 3.23. The number of benzene rings is 4. The lowest BCUT2D eigenvalue weighted by Gasteiger charge is -2.54. The lowest BCUT2D eigenvalue weighted by atomic mass is 9.49. The lowest BCUT2D eigenvalue weighted by molar-refractivity contribution is -0.155. The molecule has 0 spiro atoms. The number of hydrogen-bond acceptors (Lipinski definition) is 6. The maximum absolute atomic E-state index is 14.2. The van der Waals surface area contributed by atoms with E-state index in [4.69, 9.17) is 9.47 Å². The first kappa shape index (κ1) is 43.8. The number of hydrogen-bond donors (Lipinski definition) is 0. The average molecular weight is 835 g/mol. The highest BCUT2D eigenvalue weighted by Crippen LogP contribution is 2.60. The Balaban J connectivity index is 0.946. The summed E-state index contributed by atoms with van der Waals surface area (Å²) >= 11 is 0. The van der Waals surface area contributed by atoms with E-state index < -0.39 is 10.8 Å². The van der Waals surface area contributed by atoms with Crippen LogP contribution in [0.25, 0.3) is 11.1 Å². The molecule has 4 aliphatic rings. The number of esters is 2. The molecule has 2 fully saturated rings. The van der Waals surface area contributed by atoms with E-state index >= 15 is 0 Å².